The molecule has 2 fully saturated rings. The van der Waals surface area contributed by atoms with Gasteiger partial charge in [-0.2, -0.15) is 11.3 Å². The summed E-state index contributed by atoms with van der Waals surface area (Å²) in [5.41, 5.74) is 0.0209. The van der Waals surface area contributed by atoms with E-state index in [0.717, 1.165) is 50.9 Å². The number of amides is 1. The number of piperidine rings is 2. The third-order valence-corrected chi connectivity index (χ3v) is 8.92. The van der Waals surface area contributed by atoms with Gasteiger partial charge >= 0.3 is 0 Å². The molecule has 37 heavy (non-hydrogen) atoms. The summed E-state index contributed by atoms with van der Waals surface area (Å²) in [4.78, 5) is 33.2. The van der Waals surface area contributed by atoms with Crippen LogP contribution in [0.3, 0.4) is 0 Å². The van der Waals surface area contributed by atoms with Crippen LogP contribution in [0.25, 0.3) is 0 Å². The van der Waals surface area contributed by atoms with Crippen LogP contribution in [0, 0.1) is 11.8 Å². The molecular weight excluding hydrogens is 506 g/mol. The van der Waals surface area contributed by atoms with Gasteiger partial charge in [0.05, 0.1) is 5.56 Å². The van der Waals surface area contributed by atoms with Crippen molar-refractivity contribution in [3.8, 4) is 0 Å². The third kappa shape index (κ3) is 5.44. The van der Waals surface area contributed by atoms with E-state index in [1.165, 1.54) is 17.8 Å². The third-order valence-electron chi connectivity index (χ3n) is 7.94. The number of aldehydes is 1. The highest BCUT2D eigenvalue weighted by atomic mass is 35.5. The lowest BCUT2D eigenvalue weighted by molar-refractivity contribution is -0.149. The van der Waals surface area contributed by atoms with E-state index < -0.39 is 5.60 Å². The first-order chi connectivity index (χ1) is 18.0. The molecule has 1 N–H and O–H groups in total. The Kier molecular flexibility index (Phi) is 7.93. The maximum Gasteiger partial charge on any atom is 0.264 e. The molecule has 1 atom stereocenters. The number of pyridine rings is 1. The molecule has 0 radical (unpaired) electrons. The van der Waals surface area contributed by atoms with Crippen molar-refractivity contribution in [3.05, 3.63) is 81.1 Å². The molecular formula is C29H32ClN3O3S. The number of anilines is 1. The minimum atomic E-state index is -1.65. The van der Waals surface area contributed by atoms with E-state index in [0.29, 0.717) is 41.6 Å². The highest BCUT2D eigenvalue weighted by Gasteiger charge is 2.44. The molecule has 4 heterocycles. The number of aliphatic hydroxyl groups is 1. The second-order valence-electron chi connectivity index (χ2n) is 10.2. The lowest BCUT2D eigenvalue weighted by Gasteiger charge is -2.39. The quantitative estimate of drug-likeness (QED) is 0.323. The van der Waals surface area contributed by atoms with Gasteiger partial charge in [-0.15, -0.1) is 0 Å². The Morgan fingerprint density at radius 1 is 1.00 bits per heavy atom. The van der Waals surface area contributed by atoms with E-state index in [2.05, 4.69) is 9.88 Å². The van der Waals surface area contributed by atoms with Crippen LogP contribution in [-0.4, -0.2) is 53.4 Å². The molecule has 2 aliphatic rings. The Labute approximate surface area is 226 Å². The number of nitrogens with zero attached hydrogens (tertiary/aromatic N) is 3. The standard InChI is InChI=1S/C29H32ClN3O3S/c30-27-23(19-34)6-7-26(31-27)32-13-8-21(9-14-32)18-22-10-15-33(16-11-22)28(35)29(36,25-12-17-37-20-25)24-4-2-1-3-5-24/h1-7,12,17,19-22,36H,8-11,13-16,18H2. The highest BCUT2D eigenvalue weighted by Crippen LogP contribution is 2.36. The summed E-state index contributed by atoms with van der Waals surface area (Å²) in [6.07, 6.45) is 6.02. The van der Waals surface area contributed by atoms with Crippen molar-refractivity contribution in [1.29, 1.82) is 0 Å². The summed E-state index contributed by atoms with van der Waals surface area (Å²) < 4.78 is 0. The van der Waals surface area contributed by atoms with Gasteiger partial charge in [-0.05, 0) is 78.5 Å². The van der Waals surface area contributed by atoms with Crippen molar-refractivity contribution < 1.29 is 14.7 Å². The number of hydrogen-bond acceptors (Lipinski definition) is 6. The molecule has 5 rings (SSSR count). The summed E-state index contributed by atoms with van der Waals surface area (Å²) in [6, 6.07) is 14.7. The molecule has 0 saturated carbocycles. The van der Waals surface area contributed by atoms with Crippen LogP contribution in [0.4, 0.5) is 5.82 Å². The van der Waals surface area contributed by atoms with Gasteiger partial charge in [0, 0.05) is 31.7 Å². The van der Waals surface area contributed by atoms with Crippen LogP contribution in [0.15, 0.2) is 59.3 Å². The number of likely N-dealkylation sites (tertiary alicyclic amines) is 1. The molecule has 1 amide bonds. The van der Waals surface area contributed by atoms with Gasteiger partial charge in [0.1, 0.15) is 11.0 Å². The molecule has 8 heteroatoms. The van der Waals surface area contributed by atoms with Crippen molar-refractivity contribution in [2.75, 3.05) is 31.1 Å². The van der Waals surface area contributed by atoms with Crippen molar-refractivity contribution in [2.45, 2.75) is 37.7 Å². The largest absolute Gasteiger partial charge is 0.372 e. The van der Waals surface area contributed by atoms with Crippen molar-refractivity contribution in [2.24, 2.45) is 11.8 Å². The smallest absolute Gasteiger partial charge is 0.264 e. The van der Waals surface area contributed by atoms with Crippen LogP contribution in [0.1, 0.15) is 53.6 Å². The van der Waals surface area contributed by atoms with E-state index in [1.807, 2.05) is 58.1 Å². The molecule has 2 saturated heterocycles. The number of carbonyl (C=O) groups is 2. The van der Waals surface area contributed by atoms with E-state index >= 15 is 0 Å². The molecule has 0 spiro atoms. The van der Waals surface area contributed by atoms with Gasteiger partial charge in [0.25, 0.3) is 5.91 Å². The highest BCUT2D eigenvalue weighted by molar-refractivity contribution is 7.08. The normalized spacial score (nSPS) is 19.0. The fraction of sp³-hybridized carbons (Fsp3) is 0.414. The second-order valence-corrected chi connectivity index (χ2v) is 11.3. The molecule has 194 valence electrons. The summed E-state index contributed by atoms with van der Waals surface area (Å²) >= 11 is 7.61. The van der Waals surface area contributed by atoms with Gasteiger partial charge in [0.2, 0.25) is 0 Å². The Bertz CT molecular complexity index is 1210. The van der Waals surface area contributed by atoms with E-state index in [4.69, 9.17) is 11.6 Å². The lowest BCUT2D eigenvalue weighted by atomic mass is 9.81. The average molecular weight is 538 g/mol. The summed E-state index contributed by atoms with van der Waals surface area (Å²) in [6.45, 7) is 3.20. The Morgan fingerprint density at radius 2 is 1.68 bits per heavy atom. The van der Waals surface area contributed by atoms with Crippen LogP contribution in [-0.2, 0) is 10.4 Å². The summed E-state index contributed by atoms with van der Waals surface area (Å²) in [7, 11) is 0. The molecule has 2 aliphatic heterocycles. The number of benzene rings is 1. The lowest BCUT2D eigenvalue weighted by Crippen LogP contribution is -2.50. The van der Waals surface area contributed by atoms with E-state index in [9.17, 15) is 14.7 Å². The SMILES string of the molecule is O=Cc1ccc(N2CCC(CC3CCN(C(=O)C(O)(c4ccccc4)c4ccsc4)CC3)CC2)nc1Cl. The molecule has 0 aliphatic carbocycles. The number of halogens is 1. The van der Waals surface area contributed by atoms with Crippen molar-refractivity contribution in [3.63, 3.8) is 0 Å². The van der Waals surface area contributed by atoms with Gasteiger partial charge in [0.15, 0.2) is 11.9 Å². The first kappa shape index (κ1) is 25.9. The zero-order valence-corrected chi connectivity index (χ0v) is 22.3. The van der Waals surface area contributed by atoms with E-state index in [1.54, 1.807) is 6.07 Å². The molecule has 6 nitrogen and oxygen atoms in total. The zero-order valence-electron chi connectivity index (χ0n) is 20.8. The predicted molar refractivity (Wildman–Crippen MR) is 147 cm³/mol. The molecule has 0 bridgehead atoms. The second kappa shape index (κ2) is 11.3. The minimum absolute atomic E-state index is 0.226. The Hall–Kier alpha value is -2.74. The molecule has 2 aromatic heterocycles. The minimum Gasteiger partial charge on any atom is -0.372 e. The van der Waals surface area contributed by atoms with Crippen LogP contribution >= 0.6 is 22.9 Å². The maximum atomic E-state index is 13.7. The van der Waals surface area contributed by atoms with Gasteiger partial charge in [-0.25, -0.2) is 4.98 Å². The number of hydrogen-bond donors (Lipinski definition) is 1. The van der Waals surface area contributed by atoms with Crippen molar-refractivity contribution >= 4 is 40.9 Å². The van der Waals surface area contributed by atoms with Crippen LogP contribution in [0.2, 0.25) is 5.15 Å². The average Bonchev–Trinajstić information content (AvgIpc) is 3.49. The van der Waals surface area contributed by atoms with Crippen LogP contribution < -0.4 is 4.90 Å². The summed E-state index contributed by atoms with van der Waals surface area (Å²) in [5.74, 6) is 1.85. The first-order valence-corrected chi connectivity index (χ1v) is 14.3. The predicted octanol–water partition coefficient (Wildman–Crippen LogP) is 5.39. The molecule has 1 aromatic carbocycles. The van der Waals surface area contributed by atoms with E-state index in [-0.39, 0.29) is 11.1 Å². The van der Waals surface area contributed by atoms with Crippen LogP contribution in [0.5, 0.6) is 0 Å². The monoisotopic (exact) mass is 537 g/mol. The fourth-order valence-corrected chi connectivity index (χ4v) is 6.63. The number of aromatic nitrogens is 1. The Morgan fingerprint density at radius 3 is 2.27 bits per heavy atom. The van der Waals surface area contributed by atoms with Gasteiger partial charge in [-0.3, -0.25) is 9.59 Å². The fourth-order valence-electron chi connectivity index (χ4n) is 5.73. The van der Waals surface area contributed by atoms with Crippen molar-refractivity contribution in [1.82, 2.24) is 9.88 Å². The number of carbonyl (C=O) groups excluding carboxylic acids is 2. The molecule has 1 unspecified atom stereocenters. The Balaban J connectivity index is 1.15. The maximum absolute atomic E-state index is 13.7. The topological polar surface area (TPSA) is 73.7 Å². The number of thiophene rings is 1. The van der Waals surface area contributed by atoms with Gasteiger partial charge in [-0.1, -0.05) is 41.9 Å². The first-order valence-electron chi connectivity index (χ1n) is 13.0. The number of rotatable bonds is 7. The zero-order chi connectivity index (χ0) is 25.8. The molecule has 3 aromatic rings. The summed E-state index contributed by atoms with van der Waals surface area (Å²) in [5, 5.41) is 15.8. The van der Waals surface area contributed by atoms with Gasteiger partial charge < -0.3 is 14.9 Å².